The highest BCUT2D eigenvalue weighted by Gasteiger charge is 2.16. The number of rotatable bonds is 8. The van der Waals surface area contributed by atoms with Crippen molar-refractivity contribution in [2.45, 2.75) is 23.8 Å². The van der Waals surface area contributed by atoms with Gasteiger partial charge in [0.15, 0.2) is 6.61 Å². The van der Waals surface area contributed by atoms with Crippen LogP contribution in [0.2, 0.25) is 0 Å². The molecule has 0 atom stereocenters. The van der Waals surface area contributed by atoms with Crippen LogP contribution in [0, 0.1) is 13.8 Å². The van der Waals surface area contributed by atoms with Crippen LogP contribution in [0.15, 0.2) is 46.5 Å². The number of ether oxygens (including phenoxy) is 2. The molecule has 1 aromatic carbocycles. The number of pyridine rings is 1. The summed E-state index contributed by atoms with van der Waals surface area (Å²) in [5.41, 5.74) is 2.71. The maximum absolute atomic E-state index is 12.3. The second kappa shape index (κ2) is 9.94. The fourth-order valence-corrected chi connectivity index (χ4v) is 3.04. The predicted molar refractivity (Wildman–Crippen MR) is 99.4 cm³/mol. The van der Waals surface area contributed by atoms with Gasteiger partial charge in [-0.1, -0.05) is 17.8 Å². The van der Waals surface area contributed by atoms with Crippen molar-refractivity contribution in [3.63, 3.8) is 0 Å². The van der Waals surface area contributed by atoms with Gasteiger partial charge < -0.3 is 14.8 Å². The van der Waals surface area contributed by atoms with Crippen LogP contribution in [0.5, 0.6) is 0 Å². The summed E-state index contributed by atoms with van der Waals surface area (Å²) in [6.07, 6.45) is 1.62. The molecule has 6 nitrogen and oxygen atoms in total. The van der Waals surface area contributed by atoms with E-state index in [1.165, 1.54) is 22.9 Å². The number of hydrogen-bond acceptors (Lipinski definition) is 6. The Morgan fingerprint density at radius 2 is 2.00 bits per heavy atom. The van der Waals surface area contributed by atoms with Crippen molar-refractivity contribution in [2.24, 2.45) is 0 Å². The number of carbonyl (C=O) groups excluding carboxylic acids is 2. The zero-order chi connectivity index (χ0) is 18.9. The summed E-state index contributed by atoms with van der Waals surface area (Å²) < 4.78 is 9.94. The molecule has 0 radical (unpaired) electrons. The highest BCUT2D eigenvalue weighted by Crippen LogP contribution is 2.30. The van der Waals surface area contributed by atoms with Crippen molar-refractivity contribution in [1.29, 1.82) is 0 Å². The van der Waals surface area contributed by atoms with E-state index >= 15 is 0 Å². The van der Waals surface area contributed by atoms with Gasteiger partial charge in [0.05, 0.1) is 12.2 Å². The summed E-state index contributed by atoms with van der Waals surface area (Å²) >= 11 is 1.39. The minimum atomic E-state index is -0.577. The molecule has 2 aromatic rings. The van der Waals surface area contributed by atoms with Crippen molar-refractivity contribution >= 4 is 23.6 Å². The van der Waals surface area contributed by atoms with Gasteiger partial charge in [-0.3, -0.25) is 4.79 Å². The summed E-state index contributed by atoms with van der Waals surface area (Å²) in [6.45, 7) is 4.51. The molecule has 0 spiro atoms. The lowest BCUT2D eigenvalue weighted by Crippen LogP contribution is -2.31. The van der Waals surface area contributed by atoms with Crippen LogP contribution in [-0.2, 0) is 14.3 Å². The first kappa shape index (κ1) is 19.9. The van der Waals surface area contributed by atoms with Crippen LogP contribution >= 0.6 is 11.8 Å². The SMILES string of the molecule is COCCNC(=O)COC(=O)c1cccnc1Sc1ccc(C)c(C)c1. The molecule has 1 heterocycles. The monoisotopic (exact) mass is 374 g/mol. The number of amides is 1. The van der Waals surface area contributed by atoms with Crippen molar-refractivity contribution in [2.75, 3.05) is 26.9 Å². The standard InChI is InChI=1S/C19H22N2O4S/c1-13-6-7-15(11-14(13)2)26-18-16(5-4-8-21-18)19(23)25-12-17(22)20-9-10-24-3/h4-8,11H,9-10,12H2,1-3H3,(H,20,22). The fourth-order valence-electron chi connectivity index (χ4n) is 2.07. The molecule has 0 bridgehead atoms. The Balaban J connectivity index is 2.02. The van der Waals surface area contributed by atoms with Crippen molar-refractivity contribution in [3.8, 4) is 0 Å². The van der Waals surface area contributed by atoms with E-state index in [2.05, 4.69) is 10.3 Å². The molecule has 0 saturated heterocycles. The van der Waals surface area contributed by atoms with E-state index in [0.717, 1.165) is 4.90 Å². The second-order valence-electron chi connectivity index (χ2n) is 5.62. The van der Waals surface area contributed by atoms with Gasteiger partial charge in [0.2, 0.25) is 0 Å². The molecule has 1 N–H and O–H groups in total. The highest BCUT2D eigenvalue weighted by atomic mass is 32.2. The Bertz CT molecular complexity index is 780. The Kier molecular flexibility index (Phi) is 7.62. The quantitative estimate of drug-likeness (QED) is 0.565. The molecule has 0 aliphatic carbocycles. The Labute approximate surface area is 157 Å². The van der Waals surface area contributed by atoms with E-state index in [4.69, 9.17) is 9.47 Å². The number of nitrogens with zero attached hydrogens (tertiary/aromatic N) is 1. The van der Waals surface area contributed by atoms with Crippen molar-refractivity contribution in [1.82, 2.24) is 10.3 Å². The predicted octanol–water partition coefficient (Wildman–Crippen LogP) is 2.77. The van der Waals surface area contributed by atoms with Gasteiger partial charge in [-0.15, -0.1) is 0 Å². The third-order valence-corrected chi connectivity index (χ3v) is 4.65. The first-order valence-electron chi connectivity index (χ1n) is 8.14. The van der Waals surface area contributed by atoms with E-state index < -0.39 is 5.97 Å². The number of aryl methyl sites for hydroxylation is 2. The van der Waals surface area contributed by atoms with E-state index in [0.29, 0.717) is 23.7 Å². The molecule has 0 unspecified atom stereocenters. The number of methoxy groups -OCH3 is 1. The van der Waals surface area contributed by atoms with Crippen molar-refractivity contribution in [3.05, 3.63) is 53.2 Å². The van der Waals surface area contributed by atoms with Gasteiger partial charge in [0.1, 0.15) is 5.03 Å². The molecule has 0 aliphatic rings. The average molecular weight is 374 g/mol. The van der Waals surface area contributed by atoms with Crippen LogP contribution in [0.3, 0.4) is 0 Å². The molecule has 1 aromatic heterocycles. The van der Waals surface area contributed by atoms with Gasteiger partial charge in [0, 0.05) is 24.7 Å². The van der Waals surface area contributed by atoms with Crippen LogP contribution in [0.4, 0.5) is 0 Å². The number of aromatic nitrogens is 1. The van der Waals surface area contributed by atoms with Gasteiger partial charge in [-0.2, -0.15) is 0 Å². The normalized spacial score (nSPS) is 10.4. The van der Waals surface area contributed by atoms with E-state index in [-0.39, 0.29) is 12.5 Å². The number of esters is 1. The minimum absolute atomic E-state index is 0.334. The number of carbonyl (C=O) groups is 2. The highest BCUT2D eigenvalue weighted by molar-refractivity contribution is 7.99. The van der Waals surface area contributed by atoms with E-state index in [9.17, 15) is 9.59 Å². The molecule has 26 heavy (non-hydrogen) atoms. The third-order valence-electron chi connectivity index (χ3n) is 3.65. The molecule has 7 heteroatoms. The molecule has 0 fully saturated rings. The number of benzene rings is 1. The molecule has 138 valence electrons. The first-order chi connectivity index (χ1) is 12.5. The fraction of sp³-hybridized carbons (Fsp3) is 0.316. The summed E-state index contributed by atoms with van der Waals surface area (Å²) in [5, 5.41) is 3.14. The number of nitrogens with one attached hydrogen (secondary N) is 1. The lowest BCUT2D eigenvalue weighted by molar-refractivity contribution is -0.124. The second-order valence-corrected chi connectivity index (χ2v) is 6.69. The van der Waals surface area contributed by atoms with Gasteiger partial charge >= 0.3 is 5.97 Å². The van der Waals surface area contributed by atoms with E-state index in [1.54, 1.807) is 25.4 Å². The summed E-state index contributed by atoms with van der Waals surface area (Å²) in [7, 11) is 1.54. The average Bonchev–Trinajstić information content (AvgIpc) is 2.63. The smallest absolute Gasteiger partial charge is 0.341 e. The summed E-state index contributed by atoms with van der Waals surface area (Å²) in [5.74, 6) is -0.950. The summed E-state index contributed by atoms with van der Waals surface area (Å²) in [4.78, 5) is 29.2. The van der Waals surface area contributed by atoms with Crippen LogP contribution in [0.25, 0.3) is 0 Å². The van der Waals surface area contributed by atoms with E-state index in [1.807, 2.05) is 32.0 Å². The lowest BCUT2D eigenvalue weighted by Gasteiger charge is -2.10. The van der Waals surface area contributed by atoms with Gasteiger partial charge in [-0.25, -0.2) is 9.78 Å². The Morgan fingerprint density at radius 3 is 2.73 bits per heavy atom. The van der Waals surface area contributed by atoms with Crippen LogP contribution in [-0.4, -0.2) is 43.7 Å². The van der Waals surface area contributed by atoms with Crippen LogP contribution in [0.1, 0.15) is 21.5 Å². The lowest BCUT2D eigenvalue weighted by atomic mass is 10.1. The molecule has 2 rings (SSSR count). The molecule has 0 aliphatic heterocycles. The maximum atomic E-state index is 12.3. The van der Waals surface area contributed by atoms with Gasteiger partial charge in [0.25, 0.3) is 5.91 Å². The zero-order valence-corrected chi connectivity index (χ0v) is 15.9. The molecule has 0 saturated carbocycles. The third kappa shape index (κ3) is 5.86. The molecular formula is C19H22N2O4S. The molecular weight excluding hydrogens is 352 g/mol. The molecule has 1 amide bonds. The van der Waals surface area contributed by atoms with Crippen LogP contribution < -0.4 is 5.32 Å². The number of hydrogen-bond donors (Lipinski definition) is 1. The largest absolute Gasteiger partial charge is 0.452 e. The summed E-state index contributed by atoms with van der Waals surface area (Å²) in [6, 6.07) is 9.37. The van der Waals surface area contributed by atoms with Crippen molar-refractivity contribution < 1.29 is 19.1 Å². The Morgan fingerprint density at radius 1 is 1.19 bits per heavy atom. The Hall–Kier alpha value is -2.38. The minimum Gasteiger partial charge on any atom is -0.452 e. The maximum Gasteiger partial charge on any atom is 0.341 e. The zero-order valence-electron chi connectivity index (χ0n) is 15.1. The van der Waals surface area contributed by atoms with Gasteiger partial charge in [-0.05, 0) is 49.2 Å². The topological polar surface area (TPSA) is 77.5 Å². The first-order valence-corrected chi connectivity index (χ1v) is 8.96.